The minimum Gasteiger partial charge on any atom is -0.418 e. The van der Waals surface area contributed by atoms with E-state index >= 15 is 0 Å². The van der Waals surface area contributed by atoms with Crippen molar-refractivity contribution >= 4 is 28.9 Å². The van der Waals surface area contributed by atoms with Gasteiger partial charge in [-0.1, -0.05) is 47.5 Å². The van der Waals surface area contributed by atoms with Gasteiger partial charge in [0, 0.05) is 21.3 Å². The zero-order valence-corrected chi connectivity index (χ0v) is 16.9. The van der Waals surface area contributed by atoms with Crippen LogP contribution in [-0.4, -0.2) is 10.2 Å². The largest absolute Gasteiger partial charge is 0.418 e. The summed E-state index contributed by atoms with van der Waals surface area (Å²) in [5.74, 6) is 0.203. The Hall–Kier alpha value is -2.89. The maximum atomic E-state index is 13.6. The fourth-order valence-electron chi connectivity index (χ4n) is 2.88. The van der Waals surface area contributed by atoms with E-state index in [1.165, 1.54) is 12.1 Å². The Kier molecular flexibility index (Phi) is 5.51. The number of benzene rings is 3. The summed E-state index contributed by atoms with van der Waals surface area (Å²) in [7, 11) is 0. The van der Waals surface area contributed by atoms with Gasteiger partial charge in [0.05, 0.1) is 0 Å². The van der Waals surface area contributed by atoms with E-state index in [0.29, 0.717) is 21.5 Å². The number of aryl methyl sites for hydroxylation is 1. The van der Waals surface area contributed by atoms with Crippen LogP contribution in [0.15, 0.2) is 71.1 Å². The molecule has 7 heteroatoms. The molecule has 3 aromatic carbocycles. The number of anilines is 1. The molecule has 0 radical (unpaired) electrons. The van der Waals surface area contributed by atoms with Crippen molar-refractivity contribution in [2.45, 2.75) is 13.0 Å². The van der Waals surface area contributed by atoms with Crippen LogP contribution in [0.2, 0.25) is 10.0 Å². The average molecular weight is 428 g/mol. The minimum absolute atomic E-state index is 0.238. The predicted octanol–water partition coefficient (Wildman–Crippen LogP) is 6.69. The molecule has 4 aromatic rings. The lowest BCUT2D eigenvalue weighted by molar-refractivity contribution is 0.493. The highest BCUT2D eigenvalue weighted by molar-refractivity contribution is 6.31. The maximum absolute atomic E-state index is 13.6. The van der Waals surface area contributed by atoms with Gasteiger partial charge in [0.2, 0.25) is 11.8 Å². The van der Waals surface area contributed by atoms with Gasteiger partial charge in [0.15, 0.2) is 0 Å². The molecule has 1 unspecified atom stereocenters. The summed E-state index contributed by atoms with van der Waals surface area (Å²) in [6.07, 6.45) is 0. The Bertz CT molecular complexity index is 1150. The predicted molar refractivity (Wildman–Crippen MR) is 113 cm³/mol. The number of hydrogen-bond donors (Lipinski definition) is 1. The standard InChI is InChI=1S/C22H16Cl2FN3O/c1-13-5-10-18(12-19(13)24)26-20(14-6-8-16(23)9-7-14)22-28-27-21(29-22)15-3-2-4-17(25)11-15/h2-12,20,26H,1H3. The van der Waals surface area contributed by atoms with Gasteiger partial charge < -0.3 is 9.73 Å². The van der Waals surface area contributed by atoms with Crippen LogP contribution in [0.1, 0.15) is 23.1 Å². The highest BCUT2D eigenvalue weighted by Gasteiger charge is 2.22. The van der Waals surface area contributed by atoms with Crippen molar-refractivity contribution in [1.29, 1.82) is 0 Å². The first-order chi connectivity index (χ1) is 14.0. The molecule has 0 amide bonds. The first kappa shape index (κ1) is 19.4. The molecule has 29 heavy (non-hydrogen) atoms. The lowest BCUT2D eigenvalue weighted by atomic mass is 10.1. The van der Waals surface area contributed by atoms with Crippen molar-refractivity contribution < 1.29 is 8.81 Å². The topological polar surface area (TPSA) is 51.0 Å². The number of nitrogens with one attached hydrogen (secondary N) is 1. The Morgan fingerprint density at radius 3 is 2.48 bits per heavy atom. The molecule has 0 aliphatic heterocycles. The third-order valence-electron chi connectivity index (χ3n) is 4.45. The van der Waals surface area contributed by atoms with E-state index in [9.17, 15) is 4.39 Å². The van der Waals surface area contributed by atoms with Gasteiger partial charge in [-0.25, -0.2) is 4.39 Å². The smallest absolute Gasteiger partial charge is 0.247 e. The van der Waals surface area contributed by atoms with E-state index in [-0.39, 0.29) is 11.7 Å². The molecule has 1 aromatic heterocycles. The monoisotopic (exact) mass is 427 g/mol. The van der Waals surface area contributed by atoms with Crippen LogP contribution in [-0.2, 0) is 0 Å². The van der Waals surface area contributed by atoms with Crippen molar-refractivity contribution in [3.8, 4) is 11.5 Å². The Morgan fingerprint density at radius 1 is 0.966 bits per heavy atom. The molecule has 4 rings (SSSR count). The highest BCUT2D eigenvalue weighted by Crippen LogP contribution is 2.30. The minimum atomic E-state index is -0.444. The lowest BCUT2D eigenvalue weighted by Crippen LogP contribution is -2.13. The van der Waals surface area contributed by atoms with Crippen molar-refractivity contribution in [1.82, 2.24) is 10.2 Å². The SMILES string of the molecule is Cc1ccc(NC(c2ccc(Cl)cc2)c2nnc(-c3cccc(F)c3)o2)cc1Cl. The van der Waals surface area contributed by atoms with Crippen LogP contribution in [0.3, 0.4) is 0 Å². The molecule has 1 heterocycles. The molecule has 0 bridgehead atoms. The molecule has 1 atom stereocenters. The molecular weight excluding hydrogens is 412 g/mol. The Labute approximate surface area is 177 Å². The third-order valence-corrected chi connectivity index (χ3v) is 5.10. The third kappa shape index (κ3) is 4.42. The van der Waals surface area contributed by atoms with E-state index in [1.807, 2.05) is 37.3 Å². The summed E-state index contributed by atoms with van der Waals surface area (Å²) in [5.41, 5.74) is 3.16. The average Bonchev–Trinajstić information content (AvgIpc) is 3.20. The zero-order chi connectivity index (χ0) is 20.4. The van der Waals surface area contributed by atoms with E-state index in [0.717, 1.165) is 16.8 Å². The second-order valence-corrected chi connectivity index (χ2v) is 7.39. The lowest BCUT2D eigenvalue weighted by Gasteiger charge is -2.17. The molecule has 0 saturated carbocycles. The summed E-state index contributed by atoms with van der Waals surface area (Å²) in [6.45, 7) is 1.94. The first-order valence-corrected chi connectivity index (χ1v) is 9.63. The summed E-state index contributed by atoms with van der Waals surface area (Å²) in [6, 6.07) is 18.6. The summed E-state index contributed by atoms with van der Waals surface area (Å²) in [4.78, 5) is 0. The molecule has 0 saturated heterocycles. The van der Waals surface area contributed by atoms with E-state index in [4.69, 9.17) is 27.6 Å². The van der Waals surface area contributed by atoms with E-state index in [2.05, 4.69) is 15.5 Å². The van der Waals surface area contributed by atoms with Gasteiger partial charge in [-0.3, -0.25) is 0 Å². The molecule has 146 valence electrons. The fraction of sp³-hybridized carbons (Fsp3) is 0.0909. The summed E-state index contributed by atoms with van der Waals surface area (Å²) >= 11 is 12.3. The van der Waals surface area contributed by atoms with Gasteiger partial charge in [0.1, 0.15) is 11.9 Å². The van der Waals surface area contributed by atoms with Crippen LogP contribution in [0, 0.1) is 12.7 Å². The van der Waals surface area contributed by atoms with Crippen molar-refractivity contribution in [2.75, 3.05) is 5.32 Å². The molecule has 4 nitrogen and oxygen atoms in total. The number of nitrogens with zero attached hydrogens (tertiary/aromatic N) is 2. The molecular formula is C22H16Cl2FN3O. The quantitative estimate of drug-likeness (QED) is 0.385. The van der Waals surface area contributed by atoms with Crippen molar-refractivity contribution in [3.05, 3.63) is 99.6 Å². The normalized spacial score (nSPS) is 12.0. The molecule has 0 spiro atoms. The molecule has 1 N–H and O–H groups in total. The molecule has 0 fully saturated rings. The Balaban J connectivity index is 1.72. The second-order valence-electron chi connectivity index (χ2n) is 6.55. The van der Waals surface area contributed by atoms with Crippen LogP contribution < -0.4 is 5.32 Å². The van der Waals surface area contributed by atoms with Crippen LogP contribution in [0.5, 0.6) is 0 Å². The van der Waals surface area contributed by atoms with E-state index < -0.39 is 6.04 Å². The molecule has 0 aliphatic carbocycles. The number of hydrogen-bond acceptors (Lipinski definition) is 4. The molecule has 0 aliphatic rings. The van der Waals surface area contributed by atoms with Crippen LogP contribution in [0.4, 0.5) is 10.1 Å². The maximum Gasteiger partial charge on any atom is 0.247 e. The van der Waals surface area contributed by atoms with Crippen LogP contribution in [0.25, 0.3) is 11.5 Å². The first-order valence-electron chi connectivity index (χ1n) is 8.87. The Morgan fingerprint density at radius 2 is 1.76 bits per heavy atom. The number of halogens is 3. The van der Waals surface area contributed by atoms with Gasteiger partial charge >= 0.3 is 0 Å². The number of aromatic nitrogens is 2. The van der Waals surface area contributed by atoms with Crippen LogP contribution >= 0.6 is 23.2 Å². The zero-order valence-electron chi connectivity index (χ0n) is 15.4. The highest BCUT2D eigenvalue weighted by atomic mass is 35.5. The van der Waals surface area contributed by atoms with Crippen molar-refractivity contribution in [3.63, 3.8) is 0 Å². The summed E-state index contributed by atoms with van der Waals surface area (Å²) in [5, 5.41) is 12.9. The fourth-order valence-corrected chi connectivity index (χ4v) is 3.19. The van der Waals surface area contributed by atoms with Gasteiger partial charge in [-0.2, -0.15) is 0 Å². The van der Waals surface area contributed by atoms with Gasteiger partial charge in [-0.15, -0.1) is 10.2 Å². The van der Waals surface area contributed by atoms with E-state index in [1.54, 1.807) is 24.3 Å². The summed E-state index contributed by atoms with van der Waals surface area (Å²) < 4.78 is 19.4. The van der Waals surface area contributed by atoms with Gasteiger partial charge in [0.25, 0.3) is 0 Å². The number of rotatable bonds is 5. The van der Waals surface area contributed by atoms with Crippen molar-refractivity contribution in [2.24, 2.45) is 0 Å². The van der Waals surface area contributed by atoms with Gasteiger partial charge in [-0.05, 0) is 60.5 Å². The second kappa shape index (κ2) is 8.23.